The van der Waals surface area contributed by atoms with Crippen LogP contribution in [0.5, 0.6) is 0 Å². The minimum absolute atomic E-state index is 0.0258. The number of carbonyl (C=O) groups is 6. The van der Waals surface area contributed by atoms with E-state index in [2.05, 4.69) is 62.8 Å². The second-order valence-electron chi connectivity index (χ2n) is 13.5. The van der Waals surface area contributed by atoms with Crippen LogP contribution in [0.2, 0.25) is 0 Å². The largest absolute Gasteiger partial charge is 0.400 e. The molecule has 0 heterocycles. The maximum atomic E-state index is 13.2. The van der Waals surface area contributed by atoms with Crippen LogP contribution in [-0.4, -0.2) is 116 Å². The Morgan fingerprint density at radius 2 is 1.54 bits per heavy atom. The molecular weight excluding hydrogens is 724 g/mol. The number of nitrogens with zero attached hydrogens (tertiary/aromatic N) is 1. The molecule has 1 aromatic carbocycles. The minimum Gasteiger partial charge on any atom is -0.400 e. The highest BCUT2D eigenvalue weighted by Gasteiger charge is 2.21. The molecule has 6 amide bonds. The van der Waals surface area contributed by atoms with Gasteiger partial charge in [0.2, 0.25) is 23.6 Å². The third-order valence-electron chi connectivity index (χ3n) is 7.38. The average Bonchev–Trinajstić information content (AvgIpc) is 3.15. The highest BCUT2D eigenvalue weighted by atomic mass is 16.5. The number of hydrogen-bond donors (Lipinski definition) is 8. The molecule has 322 valence electrons. The van der Waals surface area contributed by atoms with Gasteiger partial charge in [-0.3, -0.25) is 24.0 Å². The van der Waals surface area contributed by atoms with Crippen LogP contribution in [0.3, 0.4) is 0 Å². The smallest absolute Gasteiger partial charge is 0.312 e. The van der Waals surface area contributed by atoms with E-state index in [-0.39, 0.29) is 58.2 Å². The normalized spacial score (nSPS) is 10.8. The molecule has 1 unspecified atom stereocenters. The molecule has 16 heteroatoms. The van der Waals surface area contributed by atoms with Gasteiger partial charge >= 0.3 is 6.03 Å². The van der Waals surface area contributed by atoms with Gasteiger partial charge in [0.25, 0.3) is 0 Å². The summed E-state index contributed by atoms with van der Waals surface area (Å²) in [6, 6.07) is 3.60. The van der Waals surface area contributed by atoms with Crippen molar-refractivity contribution in [2.45, 2.75) is 106 Å². The summed E-state index contributed by atoms with van der Waals surface area (Å²) < 4.78 is 5.36. The SMILES string of the molecule is CC(C)CCCc1cc(NC(=O)C(CCCNC(N)=O)NC(=O)CNC(=O)CCOCCN(C)C(=O)/C=C\C=O)ccc1CO.CC(C)CCO.CCC.CO. The number of amides is 6. The number of aliphatic hydroxyl groups excluding tert-OH is 3. The Bertz CT molecular complexity index is 1260. The summed E-state index contributed by atoms with van der Waals surface area (Å²) >= 11 is 0. The molecule has 0 bridgehead atoms. The van der Waals surface area contributed by atoms with E-state index in [1.807, 2.05) is 6.07 Å². The first kappa shape index (κ1) is 56.0. The molecule has 9 N–H and O–H groups in total. The number of allylic oxidation sites excluding steroid dienone is 1. The number of aliphatic hydroxyl groups is 3. The van der Waals surface area contributed by atoms with Gasteiger partial charge in [0.05, 0.1) is 26.4 Å². The lowest BCUT2D eigenvalue weighted by Gasteiger charge is -2.20. The lowest BCUT2D eigenvalue weighted by atomic mass is 9.98. The number of urea groups is 1. The molecule has 0 saturated carbocycles. The average molecular weight is 797 g/mol. The van der Waals surface area contributed by atoms with Gasteiger partial charge in [-0.05, 0) is 73.3 Å². The number of nitrogens with two attached hydrogens (primary N) is 1. The fraction of sp³-hybridized carbons (Fsp3) is 0.650. The van der Waals surface area contributed by atoms with Crippen molar-refractivity contribution in [3.63, 3.8) is 0 Å². The molecule has 0 aliphatic rings. The number of hydrogen-bond acceptors (Lipinski definition) is 10. The van der Waals surface area contributed by atoms with Crippen LogP contribution in [0, 0.1) is 11.8 Å². The van der Waals surface area contributed by atoms with Crippen LogP contribution >= 0.6 is 0 Å². The third kappa shape index (κ3) is 33.0. The number of benzene rings is 1. The van der Waals surface area contributed by atoms with Crippen molar-refractivity contribution in [2.75, 3.05) is 58.9 Å². The van der Waals surface area contributed by atoms with Crippen molar-refractivity contribution in [2.24, 2.45) is 17.6 Å². The first-order valence-corrected chi connectivity index (χ1v) is 19.3. The van der Waals surface area contributed by atoms with E-state index in [0.717, 1.165) is 56.1 Å². The molecule has 1 atom stereocenters. The molecule has 56 heavy (non-hydrogen) atoms. The highest BCUT2D eigenvalue weighted by Crippen LogP contribution is 2.20. The van der Waals surface area contributed by atoms with E-state index in [0.29, 0.717) is 36.8 Å². The zero-order chi connectivity index (χ0) is 43.3. The lowest BCUT2D eigenvalue weighted by Crippen LogP contribution is -2.47. The van der Waals surface area contributed by atoms with Crippen LogP contribution in [0.4, 0.5) is 10.5 Å². The summed E-state index contributed by atoms with van der Waals surface area (Å²) in [6.45, 7) is 13.3. The summed E-state index contributed by atoms with van der Waals surface area (Å²) in [5.74, 6) is -0.657. The number of aryl methyl sites for hydroxylation is 1. The topological polar surface area (TPSA) is 250 Å². The molecule has 16 nitrogen and oxygen atoms in total. The fourth-order valence-corrected chi connectivity index (χ4v) is 4.41. The first-order valence-electron chi connectivity index (χ1n) is 19.3. The van der Waals surface area contributed by atoms with Gasteiger partial charge in [0, 0.05) is 52.0 Å². The number of anilines is 1. The number of nitrogens with one attached hydrogen (secondary N) is 4. The standard InChI is InChI=1S/C31H48N6O8.C5H12O.C3H8.CH4O/c1-22(2)7-4-8-23-19-25(12-11-24(23)21-39)35-30(43)26(9-5-14-33-31(32)44)36-28(41)20-34-27(40)13-17-45-18-15-37(3)29(42)10-6-16-38;1-5(2)3-4-6;1-3-2;1-2/h6,10-12,16,19,22,26,39H,4-5,7-9,13-15,17-18,20-21H2,1-3H3,(H,34,40)(H,35,43)(H,36,41)(H3,32,33,44);5-6H,3-4H2,1-2H3;3H2,1-2H3;2H,1H3/b10-6-;;;. The highest BCUT2D eigenvalue weighted by molar-refractivity contribution is 5.98. The molecular formula is C40H72N6O10. The van der Waals surface area contributed by atoms with Crippen molar-refractivity contribution in [3.8, 4) is 0 Å². The molecule has 0 aliphatic carbocycles. The Morgan fingerprint density at radius 3 is 2.07 bits per heavy atom. The number of ether oxygens (including phenoxy) is 1. The van der Waals surface area contributed by atoms with Crippen LogP contribution in [0.1, 0.15) is 97.6 Å². The Morgan fingerprint density at radius 1 is 0.893 bits per heavy atom. The van der Waals surface area contributed by atoms with E-state index >= 15 is 0 Å². The number of rotatable bonds is 24. The summed E-state index contributed by atoms with van der Waals surface area (Å²) in [7, 11) is 2.55. The summed E-state index contributed by atoms with van der Waals surface area (Å²) in [5, 5.41) is 35.4. The second kappa shape index (κ2) is 37.5. The van der Waals surface area contributed by atoms with Crippen LogP contribution in [0.15, 0.2) is 30.4 Å². The number of primary amides is 1. The maximum Gasteiger partial charge on any atom is 0.312 e. The minimum atomic E-state index is -0.963. The van der Waals surface area contributed by atoms with E-state index in [9.17, 15) is 33.9 Å². The van der Waals surface area contributed by atoms with Crippen molar-refractivity contribution in [1.82, 2.24) is 20.9 Å². The van der Waals surface area contributed by atoms with Gasteiger partial charge in [-0.2, -0.15) is 0 Å². The third-order valence-corrected chi connectivity index (χ3v) is 7.38. The first-order chi connectivity index (χ1) is 26.6. The quantitative estimate of drug-likeness (QED) is 0.0432. The van der Waals surface area contributed by atoms with Crippen molar-refractivity contribution in [1.29, 1.82) is 0 Å². The van der Waals surface area contributed by atoms with Gasteiger partial charge in [-0.1, -0.05) is 60.5 Å². The number of likely N-dealkylation sites (N-methyl/N-ethyl adjacent to an activating group) is 1. The Labute approximate surface area is 334 Å². The molecule has 0 aliphatic heterocycles. The van der Waals surface area contributed by atoms with Gasteiger partial charge in [-0.15, -0.1) is 0 Å². The predicted molar refractivity (Wildman–Crippen MR) is 219 cm³/mol. The van der Waals surface area contributed by atoms with Gasteiger partial charge in [0.1, 0.15) is 12.3 Å². The van der Waals surface area contributed by atoms with Gasteiger partial charge in [0.15, 0.2) is 0 Å². The van der Waals surface area contributed by atoms with Crippen molar-refractivity contribution in [3.05, 3.63) is 41.5 Å². The molecule has 0 fully saturated rings. The fourth-order valence-electron chi connectivity index (χ4n) is 4.41. The molecule has 1 rings (SSSR count). The number of carbonyl (C=O) groups excluding carboxylic acids is 6. The lowest BCUT2D eigenvalue weighted by molar-refractivity contribution is -0.129. The predicted octanol–water partition coefficient (Wildman–Crippen LogP) is 2.82. The van der Waals surface area contributed by atoms with Crippen LogP contribution in [-0.2, 0) is 41.7 Å². The summed E-state index contributed by atoms with van der Waals surface area (Å²) in [6.07, 6.45) is 8.15. The van der Waals surface area contributed by atoms with E-state index < -0.39 is 29.8 Å². The van der Waals surface area contributed by atoms with Gasteiger partial charge < -0.3 is 52.0 Å². The molecule has 0 aromatic heterocycles. The zero-order valence-electron chi connectivity index (χ0n) is 35.0. The van der Waals surface area contributed by atoms with E-state index in [1.165, 1.54) is 11.3 Å². The molecule has 0 spiro atoms. The van der Waals surface area contributed by atoms with Crippen molar-refractivity contribution >= 4 is 41.6 Å². The maximum absolute atomic E-state index is 13.2. The Kier molecular flexibility index (Phi) is 37.5. The van der Waals surface area contributed by atoms with Crippen molar-refractivity contribution < 1.29 is 48.8 Å². The molecule has 1 aromatic rings. The van der Waals surface area contributed by atoms with Crippen LogP contribution in [0.25, 0.3) is 0 Å². The van der Waals surface area contributed by atoms with Crippen LogP contribution < -0.4 is 27.0 Å². The Hall–Kier alpha value is -4.38. The monoisotopic (exact) mass is 797 g/mol. The van der Waals surface area contributed by atoms with Gasteiger partial charge in [-0.25, -0.2) is 4.79 Å². The zero-order valence-corrected chi connectivity index (χ0v) is 35.0. The second-order valence-corrected chi connectivity index (χ2v) is 13.5. The van der Waals surface area contributed by atoms with E-state index in [4.69, 9.17) is 20.7 Å². The van der Waals surface area contributed by atoms with E-state index in [1.54, 1.807) is 19.2 Å². The number of aldehydes is 1. The summed E-state index contributed by atoms with van der Waals surface area (Å²) in [5.41, 5.74) is 7.34. The Balaban J connectivity index is -0.00000225. The summed E-state index contributed by atoms with van der Waals surface area (Å²) in [4.78, 5) is 72.4. The molecule has 0 radical (unpaired) electrons. The molecule has 0 saturated heterocycles.